The summed E-state index contributed by atoms with van der Waals surface area (Å²) in [6.07, 6.45) is 2.64. The molecule has 18 heavy (non-hydrogen) atoms. The van der Waals surface area contributed by atoms with Crippen LogP contribution in [0.3, 0.4) is 0 Å². The monoisotopic (exact) mass is 252 g/mol. The number of aliphatic hydroxyl groups is 1. The van der Waals surface area contributed by atoms with Crippen molar-refractivity contribution in [1.82, 2.24) is 0 Å². The van der Waals surface area contributed by atoms with Crippen molar-refractivity contribution in [3.8, 4) is 5.75 Å². The maximum atomic E-state index is 10.9. The lowest BCUT2D eigenvalue weighted by atomic mass is 10.1. The van der Waals surface area contributed by atoms with Crippen LogP contribution in [0.1, 0.15) is 32.3 Å². The first kappa shape index (κ1) is 14.5. The van der Waals surface area contributed by atoms with E-state index in [4.69, 9.17) is 14.9 Å². The Morgan fingerprint density at radius 1 is 1.22 bits per heavy atom. The van der Waals surface area contributed by atoms with Gasteiger partial charge in [0, 0.05) is 6.61 Å². The first-order valence-electron chi connectivity index (χ1n) is 6.08. The van der Waals surface area contributed by atoms with Crippen LogP contribution in [0, 0.1) is 0 Å². The molecule has 0 unspecified atom stereocenters. The number of unbranched alkanes of at least 4 members (excludes halogenated alkanes) is 1. The molecule has 0 aliphatic carbocycles. The molecule has 0 aliphatic rings. The number of aryl methyl sites for hydroxylation is 1. The summed E-state index contributed by atoms with van der Waals surface area (Å²) in [5.41, 5.74) is -0.0674. The molecule has 0 radical (unpaired) electrons. The molecule has 0 aromatic heterocycles. The van der Waals surface area contributed by atoms with Crippen molar-refractivity contribution < 1.29 is 19.7 Å². The Balaban J connectivity index is 2.57. The zero-order chi connectivity index (χ0) is 13.6. The average molecular weight is 252 g/mol. The average Bonchev–Trinajstić information content (AvgIpc) is 2.31. The number of carbonyl (C=O) groups is 1. The van der Waals surface area contributed by atoms with Crippen molar-refractivity contribution in [3.63, 3.8) is 0 Å². The van der Waals surface area contributed by atoms with E-state index in [1.807, 2.05) is 12.1 Å². The van der Waals surface area contributed by atoms with Gasteiger partial charge < -0.3 is 14.9 Å². The fourth-order valence-electron chi connectivity index (χ4n) is 1.50. The summed E-state index contributed by atoms with van der Waals surface area (Å²) in [6, 6.07) is 7.40. The van der Waals surface area contributed by atoms with E-state index in [2.05, 4.69) is 0 Å². The summed E-state index contributed by atoms with van der Waals surface area (Å²) in [5, 5.41) is 17.6. The maximum Gasteiger partial charge on any atom is 0.347 e. The second-order valence-electron chi connectivity index (χ2n) is 4.74. The lowest BCUT2D eigenvalue weighted by molar-refractivity contribution is -0.152. The minimum Gasteiger partial charge on any atom is -0.478 e. The first-order valence-corrected chi connectivity index (χ1v) is 6.08. The highest BCUT2D eigenvalue weighted by atomic mass is 16.5. The van der Waals surface area contributed by atoms with E-state index in [1.54, 1.807) is 12.1 Å². The van der Waals surface area contributed by atoms with Gasteiger partial charge in [0.15, 0.2) is 5.60 Å². The van der Waals surface area contributed by atoms with Gasteiger partial charge in [-0.3, -0.25) is 0 Å². The molecule has 0 aliphatic heterocycles. The predicted molar refractivity (Wildman–Crippen MR) is 68.8 cm³/mol. The van der Waals surface area contributed by atoms with E-state index in [9.17, 15) is 4.79 Å². The van der Waals surface area contributed by atoms with Crippen molar-refractivity contribution >= 4 is 5.97 Å². The molecule has 2 N–H and O–H groups in total. The number of benzene rings is 1. The molecule has 4 heteroatoms. The largest absolute Gasteiger partial charge is 0.478 e. The van der Waals surface area contributed by atoms with Crippen molar-refractivity contribution in [2.75, 3.05) is 6.61 Å². The van der Waals surface area contributed by atoms with E-state index >= 15 is 0 Å². The lowest BCUT2D eigenvalue weighted by Crippen LogP contribution is -2.37. The zero-order valence-electron chi connectivity index (χ0n) is 10.8. The Labute approximate surface area is 107 Å². The molecule has 1 aromatic carbocycles. The molecule has 1 aromatic rings. The van der Waals surface area contributed by atoms with Gasteiger partial charge in [-0.05, 0) is 50.8 Å². The summed E-state index contributed by atoms with van der Waals surface area (Å²) in [5.74, 6) is -0.442. The van der Waals surface area contributed by atoms with E-state index in [0.29, 0.717) is 5.75 Å². The molecule has 0 saturated heterocycles. The number of carboxylic acid groups (broad SMARTS) is 1. The minimum atomic E-state index is -1.22. The normalized spacial score (nSPS) is 11.3. The van der Waals surface area contributed by atoms with Crippen LogP contribution in [-0.4, -0.2) is 28.4 Å². The SMILES string of the molecule is CC(C)(Oc1ccc(CCCCO)cc1)C(=O)O. The Kier molecular flexibility index (Phi) is 5.16. The highest BCUT2D eigenvalue weighted by Crippen LogP contribution is 2.19. The van der Waals surface area contributed by atoms with Gasteiger partial charge in [0.25, 0.3) is 0 Å². The van der Waals surface area contributed by atoms with Gasteiger partial charge in [-0.2, -0.15) is 0 Å². The Bertz CT molecular complexity index is 381. The second kappa shape index (κ2) is 6.40. The van der Waals surface area contributed by atoms with Crippen LogP contribution in [0.15, 0.2) is 24.3 Å². The third-order valence-electron chi connectivity index (χ3n) is 2.68. The number of hydrogen-bond acceptors (Lipinski definition) is 3. The van der Waals surface area contributed by atoms with Gasteiger partial charge in [0.1, 0.15) is 5.75 Å². The molecular formula is C14H20O4. The number of rotatable bonds is 7. The number of carboxylic acids is 1. The van der Waals surface area contributed by atoms with Gasteiger partial charge >= 0.3 is 5.97 Å². The van der Waals surface area contributed by atoms with E-state index < -0.39 is 11.6 Å². The van der Waals surface area contributed by atoms with Crippen molar-refractivity contribution in [1.29, 1.82) is 0 Å². The van der Waals surface area contributed by atoms with Gasteiger partial charge in [0.05, 0.1) is 0 Å². The van der Waals surface area contributed by atoms with Gasteiger partial charge in [-0.1, -0.05) is 12.1 Å². The molecule has 0 spiro atoms. The number of ether oxygens (including phenoxy) is 1. The quantitative estimate of drug-likeness (QED) is 0.730. The second-order valence-corrected chi connectivity index (χ2v) is 4.74. The maximum absolute atomic E-state index is 10.9. The van der Waals surface area contributed by atoms with Crippen LogP contribution in [0.5, 0.6) is 5.75 Å². The van der Waals surface area contributed by atoms with Crippen LogP contribution in [0.2, 0.25) is 0 Å². The third kappa shape index (κ3) is 4.37. The van der Waals surface area contributed by atoms with Crippen molar-refractivity contribution in [3.05, 3.63) is 29.8 Å². The van der Waals surface area contributed by atoms with Gasteiger partial charge in [-0.25, -0.2) is 4.79 Å². The molecule has 0 amide bonds. The van der Waals surface area contributed by atoms with Crippen molar-refractivity contribution in [2.45, 2.75) is 38.7 Å². The van der Waals surface area contributed by atoms with E-state index in [1.165, 1.54) is 13.8 Å². The third-order valence-corrected chi connectivity index (χ3v) is 2.68. The lowest BCUT2D eigenvalue weighted by Gasteiger charge is -2.21. The summed E-state index contributed by atoms with van der Waals surface area (Å²) in [4.78, 5) is 10.9. The van der Waals surface area contributed by atoms with E-state index in [0.717, 1.165) is 24.8 Å². The summed E-state index contributed by atoms with van der Waals surface area (Å²) in [7, 11) is 0. The topological polar surface area (TPSA) is 66.8 Å². The van der Waals surface area contributed by atoms with E-state index in [-0.39, 0.29) is 6.61 Å². The Morgan fingerprint density at radius 3 is 2.33 bits per heavy atom. The predicted octanol–water partition coefficient (Wildman–Crippen LogP) is 2.24. The molecule has 0 atom stereocenters. The highest BCUT2D eigenvalue weighted by Gasteiger charge is 2.29. The standard InChI is InChI=1S/C14H20O4/c1-14(2,13(16)17)18-12-8-6-11(7-9-12)5-3-4-10-15/h6-9,15H,3-5,10H2,1-2H3,(H,16,17). The van der Waals surface area contributed by atoms with Crippen LogP contribution in [-0.2, 0) is 11.2 Å². The minimum absolute atomic E-state index is 0.216. The smallest absolute Gasteiger partial charge is 0.347 e. The fraction of sp³-hybridized carbons (Fsp3) is 0.500. The summed E-state index contributed by atoms with van der Waals surface area (Å²) in [6.45, 7) is 3.25. The Hall–Kier alpha value is -1.55. The van der Waals surface area contributed by atoms with Crippen LogP contribution in [0.4, 0.5) is 0 Å². The zero-order valence-corrected chi connectivity index (χ0v) is 10.8. The van der Waals surface area contributed by atoms with Gasteiger partial charge in [-0.15, -0.1) is 0 Å². The van der Waals surface area contributed by atoms with Crippen LogP contribution < -0.4 is 4.74 Å². The molecule has 100 valence electrons. The fourth-order valence-corrected chi connectivity index (χ4v) is 1.50. The molecular weight excluding hydrogens is 232 g/mol. The van der Waals surface area contributed by atoms with Gasteiger partial charge in [0.2, 0.25) is 0 Å². The number of aliphatic carboxylic acids is 1. The number of aliphatic hydroxyl groups excluding tert-OH is 1. The van der Waals surface area contributed by atoms with Crippen LogP contribution >= 0.6 is 0 Å². The molecule has 1 rings (SSSR count). The van der Waals surface area contributed by atoms with Crippen LogP contribution in [0.25, 0.3) is 0 Å². The number of hydrogen-bond donors (Lipinski definition) is 2. The molecule has 0 bridgehead atoms. The molecule has 4 nitrogen and oxygen atoms in total. The molecule has 0 fully saturated rings. The summed E-state index contributed by atoms with van der Waals surface area (Å²) < 4.78 is 5.40. The first-order chi connectivity index (χ1) is 8.45. The Morgan fingerprint density at radius 2 is 1.83 bits per heavy atom. The molecule has 0 saturated carbocycles. The summed E-state index contributed by atoms with van der Waals surface area (Å²) >= 11 is 0. The highest BCUT2D eigenvalue weighted by molar-refractivity contribution is 5.76. The molecule has 0 heterocycles. The van der Waals surface area contributed by atoms with Crippen molar-refractivity contribution in [2.24, 2.45) is 0 Å².